The Bertz CT molecular complexity index is 3230. The van der Waals surface area contributed by atoms with Gasteiger partial charge in [-0.05, 0) is 140 Å². The average molecular weight is 759 g/mol. The van der Waals surface area contributed by atoms with Crippen LogP contribution in [-0.4, -0.2) is 4.57 Å². The maximum Gasteiger partial charge on any atom is 0.0544 e. The van der Waals surface area contributed by atoms with E-state index in [1.54, 1.807) is 0 Å². The smallest absolute Gasteiger partial charge is 0.0544 e. The molecule has 2 aliphatic carbocycles. The molecule has 0 unspecified atom stereocenters. The third-order valence-corrected chi connectivity index (χ3v) is 14.4. The fourth-order valence-electron chi connectivity index (χ4n) is 11.2. The molecular weight excluding hydrogens is 713 g/mol. The van der Waals surface area contributed by atoms with Gasteiger partial charge in [-0.3, -0.25) is 0 Å². The minimum Gasteiger partial charge on any atom is -0.310 e. The monoisotopic (exact) mass is 758 g/mol. The molecule has 0 fully saturated rings. The topological polar surface area (TPSA) is 8.17 Å². The summed E-state index contributed by atoms with van der Waals surface area (Å²) in [4.78, 5) is 2.51. The number of hydrogen-bond acceptors (Lipinski definition) is 1. The van der Waals surface area contributed by atoms with Crippen molar-refractivity contribution in [3.8, 4) is 39.1 Å². The van der Waals surface area contributed by atoms with E-state index in [0.29, 0.717) is 0 Å². The van der Waals surface area contributed by atoms with Crippen molar-refractivity contribution in [3.05, 3.63) is 203 Å². The van der Waals surface area contributed by atoms with E-state index >= 15 is 0 Å². The first-order valence-electron chi connectivity index (χ1n) is 21.1. The highest BCUT2D eigenvalue weighted by molar-refractivity contribution is 6.13. The van der Waals surface area contributed by atoms with E-state index < -0.39 is 0 Å². The predicted molar refractivity (Wildman–Crippen MR) is 248 cm³/mol. The van der Waals surface area contributed by atoms with Crippen molar-refractivity contribution in [3.63, 3.8) is 0 Å². The van der Waals surface area contributed by atoms with E-state index in [2.05, 4.69) is 221 Å². The quantitative estimate of drug-likeness (QED) is 0.174. The second-order valence-electron chi connectivity index (χ2n) is 18.6. The van der Waals surface area contributed by atoms with Crippen LogP contribution in [0.25, 0.3) is 60.9 Å². The lowest BCUT2D eigenvalue weighted by atomic mass is 9.71. The van der Waals surface area contributed by atoms with Gasteiger partial charge in [0.25, 0.3) is 0 Å². The number of hydrogen-bond donors (Lipinski definition) is 0. The summed E-state index contributed by atoms with van der Waals surface area (Å²) in [5.74, 6) is 0. The van der Waals surface area contributed by atoms with Crippen LogP contribution in [0.1, 0.15) is 74.9 Å². The highest BCUT2D eigenvalue weighted by Crippen LogP contribution is 2.58. The summed E-state index contributed by atoms with van der Waals surface area (Å²) in [6.45, 7) is 14.4. The van der Waals surface area contributed by atoms with Gasteiger partial charge in [-0.1, -0.05) is 139 Å². The van der Waals surface area contributed by atoms with Gasteiger partial charge in [0.05, 0.1) is 22.4 Å². The van der Waals surface area contributed by atoms with E-state index in [0.717, 1.165) is 0 Å². The lowest BCUT2D eigenvalue weighted by molar-refractivity contribution is 0.627. The first-order valence-corrected chi connectivity index (χ1v) is 21.1. The van der Waals surface area contributed by atoms with E-state index in [1.165, 1.54) is 111 Å². The Labute approximate surface area is 347 Å². The summed E-state index contributed by atoms with van der Waals surface area (Å²) in [6, 6.07) is 64.1. The molecule has 0 amide bonds. The van der Waals surface area contributed by atoms with Crippen LogP contribution in [-0.2, 0) is 16.2 Å². The molecule has 0 saturated carbocycles. The molecule has 0 N–H and O–H groups in total. The van der Waals surface area contributed by atoms with Crippen molar-refractivity contribution >= 4 is 38.9 Å². The molecule has 1 aromatic heterocycles. The van der Waals surface area contributed by atoms with E-state index in [1.807, 2.05) is 0 Å². The SMILES string of the molecule is CC1(C)c2ccccc2-c2cc3c(cc21)N(c1ccccc1)c1ccc(-c2ccc4c(c2)c2cc5c(cc2n4-c2ccccc2)C(C)(C)c2ccccc2-5)cc1C3(C)C. The van der Waals surface area contributed by atoms with Crippen LogP contribution in [0, 0.1) is 0 Å². The molecule has 0 atom stereocenters. The zero-order chi connectivity index (χ0) is 40.0. The minimum absolute atomic E-state index is 0.0783. The Kier molecular flexibility index (Phi) is 6.84. The van der Waals surface area contributed by atoms with Crippen LogP contribution < -0.4 is 4.90 Å². The van der Waals surface area contributed by atoms with Gasteiger partial charge in [0.15, 0.2) is 0 Å². The zero-order valence-electron chi connectivity index (χ0n) is 34.6. The Morgan fingerprint density at radius 2 is 0.831 bits per heavy atom. The molecule has 2 heterocycles. The molecule has 0 radical (unpaired) electrons. The molecule has 8 aromatic carbocycles. The summed E-state index contributed by atoms with van der Waals surface area (Å²) in [7, 11) is 0. The zero-order valence-corrected chi connectivity index (χ0v) is 34.6. The molecule has 0 saturated heterocycles. The van der Waals surface area contributed by atoms with E-state index in [9.17, 15) is 0 Å². The highest BCUT2D eigenvalue weighted by Gasteiger charge is 2.42. The van der Waals surface area contributed by atoms with E-state index in [4.69, 9.17) is 0 Å². The number of benzene rings is 8. The molecule has 9 aromatic rings. The first-order chi connectivity index (χ1) is 28.5. The Hall–Kier alpha value is -6.64. The lowest BCUT2D eigenvalue weighted by Gasteiger charge is -2.43. The molecule has 1 aliphatic heterocycles. The van der Waals surface area contributed by atoms with Crippen LogP contribution in [0.4, 0.5) is 17.1 Å². The number of fused-ring (bicyclic) bond motifs is 11. The Balaban J connectivity index is 1.07. The highest BCUT2D eigenvalue weighted by atomic mass is 15.2. The van der Waals surface area contributed by atoms with Gasteiger partial charge in [-0.15, -0.1) is 0 Å². The van der Waals surface area contributed by atoms with Gasteiger partial charge in [-0.2, -0.15) is 0 Å². The molecule has 2 nitrogen and oxygen atoms in total. The summed E-state index contributed by atoms with van der Waals surface area (Å²) < 4.78 is 2.47. The van der Waals surface area contributed by atoms with Crippen molar-refractivity contribution in [1.29, 1.82) is 0 Å². The largest absolute Gasteiger partial charge is 0.310 e. The van der Waals surface area contributed by atoms with Crippen LogP contribution in [0.2, 0.25) is 0 Å². The summed E-state index contributed by atoms with van der Waals surface area (Å²) >= 11 is 0. The van der Waals surface area contributed by atoms with Crippen molar-refractivity contribution in [2.45, 2.75) is 57.8 Å². The molecule has 59 heavy (non-hydrogen) atoms. The predicted octanol–water partition coefficient (Wildman–Crippen LogP) is 15.2. The van der Waals surface area contributed by atoms with Gasteiger partial charge in [0.1, 0.15) is 0 Å². The van der Waals surface area contributed by atoms with Crippen molar-refractivity contribution in [1.82, 2.24) is 4.57 Å². The first kappa shape index (κ1) is 34.4. The Morgan fingerprint density at radius 1 is 0.322 bits per heavy atom. The second-order valence-corrected chi connectivity index (χ2v) is 18.6. The molecule has 2 heteroatoms. The molecule has 0 bridgehead atoms. The van der Waals surface area contributed by atoms with Crippen LogP contribution >= 0.6 is 0 Å². The maximum atomic E-state index is 2.52. The summed E-state index contributed by atoms with van der Waals surface area (Å²) in [5.41, 5.74) is 23.1. The standard InChI is InChI=1S/C57H46N2/c1-55(2)45-23-15-13-21-39(45)41-31-44-43-29-35(25-27-51(43)58(53(44)33-47(41)55)37-17-9-7-10-18-37)36-26-28-52-49(30-36)57(5,6)50-32-42-40-22-14-16-24-46(40)56(3,4)48(42)34-54(50)59(52)38-19-11-8-12-20-38/h7-34H,1-6H3. The number of anilines is 3. The molecular formula is C57H46N2. The second kappa shape index (κ2) is 11.7. The lowest BCUT2D eigenvalue weighted by Crippen LogP contribution is -2.31. The molecule has 12 rings (SSSR count). The Morgan fingerprint density at radius 3 is 1.51 bits per heavy atom. The van der Waals surface area contributed by atoms with Gasteiger partial charge in [-0.25, -0.2) is 0 Å². The average Bonchev–Trinajstić information content (AvgIpc) is 3.79. The van der Waals surface area contributed by atoms with Gasteiger partial charge >= 0.3 is 0 Å². The van der Waals surface area contributed by atoms with Crippen molar-refractivity contribution in [2.75, 3.05) is 4.90 Å². The number of rotatable bonds is 3. The maximum absolute atomic E-state index is 2.52. The van der Waals surface area contributed by atoms with Crippen LogP contribution in [0.15, 0.2) is 170 Å². The van der Waals surface area contributed by atoms with Gasteiger partial charge in [0, 0.05) is 38.4 Å². The normalized spacial score (nSPS) is 16.0. The van der Waals surface area contributed by atoms with Gasteiger partial charge in [0.2, 0.25) is 0 Å². The summed E-state index contributed by atoms with van der Waals surface area (Å²) in [5, 5.41) is 2.56. The molecule has 284 valence electrons. The van der Waals surface area contributed by atoms with Crippen LogP contribution in [0.3, 0.4) is 0 Å². The van der Waals surface area contributed by atoms with Crippen molar-refractivity contribution in [2.24, 2.45) is 0 Å². The number of para-hydroxylation sites is 2. The minimum atomic E-state index is -0.253. The third-order valence-electron chi connectivity index (χ3n) is 14.4. The molecule has 0 spiro atoms. The van der Waals surface area contributed by atoms with Gasteiger partial charge < -0.3 is 9.47 Å². The number of aromatic nitrogens is 1. The summed E-state index contributed by atoms with van der Waals surface area (Å²) in [6.07, 6.45) is 0. The van der Waals surface area contributed by atoms with Crippen molar-refractivity contribution < 1.29 is 0 Å². The molecule has 3 aliphatic rings. The third kappa shape index (κ3) is 4.58. The number of nitrogens with zero attached hydrogens (tertiary/aromatic N) is 2. The fraction of sp³-hybridized carbons (Fsp3) is 0.158. The fourth-order valence-corrected chi connectivity index (χ4v) is 11.2. The van der Waals surface area contributed by atoms with Crippen LogP contribution in [0.5, 0.6) is 0 Å². The van der Waals surface area contributed by atoms with E-state index in [-0.39, 0.29) is 16.2 Å².